The number of aromatic amines is 1. The molecule has 0 unspecified atom stereocenters. The van der Waals surface area contributed by atoms with Crippen molar-refractivity contribution >= 4 is 6.29 Å². The first kappa shape index (κ1) is 8.50. The standard InChI is InChI=1S/C10H7NO3/c12-6-8-9(11-14-10(8)13)7-4-2-1-3-5-7/h1-6,11H. The Hall–Kier alpha value is -2.10. The first-order valence-corrected chi connectivity index (χ1v) is 4.05. The first-order valence-electron chi connectivity index (χ1n) is 4.05. The second kappa shape index (κ2) is 3.33. The molecule has 1 heterocycles. The minimum absolute atomic E-state index is 0.0243. The van der Waals surface area contributed by atoms with E-state index < -0.39 is 5.63 Å². The van der Waals surface area contributed by atoms with Gasteiger partial charge in [0.25, 0.3) is 0 Å². The maximum Gasteiger partial charge on any atom is 0.368 e. The number of H-pyrrole nitrogens is 1. The summed E-state index contributed by atoms with van der Waals surface area (Å²) < 4.78 is 4.53. The van der Waals surface area contributed by atoms with Crippen molar-refractivity contribution in [3.05, 3.63) is 46.3 Å². The molecule has 1 aromatic carbocycles. The first-order chi connectivity index (χ1) is 6.83. The highest BCUT2D eigenvalue weighted by Crippen LogP contribution is 2.17. The molecule has 0 atom stereocenters. The lowest BCUT2D eigenvalue weighted by molar-refractivity contribution is 0.112. The van der Waals surface area contributed by atoms with Crippen molar-refractivity contribution in [1.29, 1.82) is 0 Å². The van der Waals surface area contributed by atoms with Gasteiger partial charge in [0, 0.05) is 5.56 Å². The van der Waals surface area contributed by atoms with Crippen LogP contribution in [0.1, 0.15) is 10.4 Å². The molecular weight excluding hydrogens is 182 g/mol. The average Bonchev–Trinajstić information content (AvgIpc) is 2.61. The van der Waals surface area contributed by atoms with Gasteiger partial charge in [0.1, 0.15) is 5.56 Å². The van der Waals surface area contributed by atoms with Gasteiger partial charge in [-0.15, -0.1) is 0 Å². The highest BCUT2D eigenvalue weighted by molar-refractivity contribution is 5.84. The van der Waals surface area contributed by atoms with Crippen LogP contribution in [0.2, 0.25) is 0 Å². The van der Waals surface area contributed by atoms with E-state index in [-0.39, 0.29) is 5.56 Å². The Kier molecular flexibility index (Phi) is 2.02. The number of nitrogens with one attached hydrogen (secondary N) is 1. The third kappa shape index (κ3) is 1.26. The molecule has 1 N–H and O–H groups in total. The molecule has 70 valence electrons. The predicted octanol–water partition coefficient (Wildman–Crippen LogP) is 1.45. The van der Waals surface area contributed by atoms with Gasteiger partial charge in [-0.3, -0.25) is 4.79 Å². The summed E-state index contributed by atoms with van der Waals surface area (Å²) >= 11 is 0. The van der Waals surface area contributed by atoms with Gasteiger partial charge in [0.2, 0.25) is 0 Å². The second-order valence-corrected chi connectivity index (χ2v) is 2.76. The molecule has 0 amide bonds. The number of carbonyl (C=O) groups excluding carboxylic acids is 1. The van der Waals surface area contributed by atoms with Crippen molar-refractivity contribution in [3.8, 4) is 11.3 Å². The lowest BCUT2D eigenvalue weighted by Crippen LogP contribution is -2.00. The molecule has 0 fully saturated rings. The Morgan fingerprint density at radius 1 is 1.21 bits per heavy atom. The van der Waals surface area contributed by atoms with E-state index >= 15 is 0 Å². The molecule has 2 aromatic rings. The van der Waals surface area contributed by atoms with Crippen LogP contribution in [-0.2, 0) is 0 Å². The summed E-state index contributed by atoms with van der Waals surface area (Å²) in [7, 11) is 0. The van der Waals surface area contributed by atoms with E-state index in [1.165, 1.54) is 0 Å². The van der Waals surface area contributed by atoms with Crippen molar-refractivity contribution < 1.29 is 9.32 Å². The van der Waals surface area contributed by atoms with E-state index in [2.05, 4.69) is 9.68 Å². The molecule has 0 aliphatic heterocycles. The summed E-state index contributed by atoms with van der Waals surface area (Å²) in [6.07, 6.45) is 0.491. The summed E-state index contributed by atoms with van der Waals surface area (Å²) in [5.41, 5.74) is 0.557. The Bertz CT molecular complexity index is 496. The molecule has 0 aliphatic rings. The van der Waals surface area contributed by atoms with Crippen LogP contribution < -0.4 is 5.63 Å². The zero-order valence-electron chi connectivity index (χ0n) is 7.19. The summed E-state index contributed by atoms with van der Waals surface area (Å²) in [6, 6.07) is 9.05. The van der Waals surface area contributed by atoms with Gasteiger partial charge in [-0.2, -0.15) is 0 Å². The van der Waals surface area contributed by atoms with Gasteiger partial charge in [-0.1, -0.05) is 30.3 Å². The minimum atomic E-state index is -0.640. The molecule has 0 radical (unpaired) electrons. The molecule has 0 spiro atoms. The van der Waals surface area contributed by atoms with Crippen LogP contribution in [-0.4, -0.2) is 11.4 Å². The number of carbonyl (C=O) groups is 1. The third-order valence-corrected chi connectivity index (χ3v) is 1.92. The number of aldehydes is 1. The Balaban J connectivity index is 2.63. The number of benzene rings is 1. The summed E-state index contributed by atoms with van der Waals surface area (Å²) in [6.45, 7) is 0. The quantitative estimate of drug-likeness (QED) is 0.727. The summed E-state index contributed by atoms with van der Waals surface area (Å²) in [5, 5.41) is 2.42. The van der Waals surface area contributed by atoms with Crippen LogP contribution in [0.25, 0.3) is 11.3 Å². The fourth-order valence-corrected chi connectivity index (χ4v) is 1.24. The Morgan fingerprint density at radius 3 is 2.57 bits per heavy atom. The lowest BCUT2D eigenvalue weighted by Gasteiger charge is -1.94. The largest absolute Gasteiger partial charge is 0.368 e. The highest BCUT2D eigenvalue weighted by atomic mass is 16.5. The van der Waals surface area contributed by atoms with Crippen molar-refractivity contribution in [2.45, 2.75) is 0 Å². The fraction of sp³-hybridized carbons (Fsp3) is 0. The van der Waals surface area contributed by atoms with E-state index in [9.17, 15) is 9.59 Å². The van der Waals surface area contributed by atoms with E-state index in [1.807, 2.05) is 18.2 Å². The van der Waals surface area contributed by atoms with Crippen molar-refractivity contribution in [2.75, 3.05) is 0 Å². The molecule has 0 saturated carbocycles. The topological polar surface area (TPSA) is 63.1 Å². The molecule has 1 aromatic heterocycles. The molecular formula is C10H7NO3. The van der Waals surface area contributed by atoms with Crippen LogP contribution in [0.4, 0.5) is 0 Å². The van der Waals surface area contributed by atoms with Crippen molar-refractivity contribution in [2.24, 2.45) is 0 Å². The van der Waals surface area contributed by atoms with Crippen molar-refractivity contribution in [1.82, 2.24) is 5.16 Å². The van der Waals surface area contributed by atoms with Gasteiger partial charge in [-0.25, -0.2) is 9.95 Å². The number of aromatic nitrogens is 1. The van der Waals surface area contributed by atoms with Gasteiger partial charge in [0.15, 0.2) is 6.29 Å². The van der Waals surface area contributed by atoms with Crippen LogP contribution in [0.3, 0.4) is 0 Å². The zero-order chi connectivity index (χ0) is 9.97. The molecule has 4 heteroatoms. The summed E-state index contributed by atoms with van der Waals surface area (Å²) in [4.78, 5) is 21.6. The SMILES string of the molecule is O=Cc1c(-c2ccccc2)[nH]oc1=O. The molecule has 14 heavy (non-hydrogen) atoms. The second-order valence-electron chi connectivity index (χ2n) is 2.76. The normalized spacial score (nSPS) is 10.0. The van der Waals surface area contributed by atoms with Gasteiger partial charge in [-0.05, 0) is 0 Å². The third-order valence-electron chi connectivity index (χ3n) is 1.92. The van der Waals surface area contributed by atoms with Gasteiger partial charge in [0.05, 0.1) is 5.69 Å². The maximum absolute atomic E-state index is 11.0. The Labute approximate surface area is 79.1 Å². The van der Waals surface area contributed by atoms with Gasteiger partial charge >= 0.3 is 5.63 Å². The predicted molar refractivity (Wildman–Crippen MR) is 50.2 cm³/mol. The van der Waals surface area contributed by atoms with E-state index in [4.69, 9.17) is 0 Å². The van der Waals surface area contributed by atoms with Crippen LogP contribution >= 0.6 is 0 Å². The van der Waals surface area contributed by atoms with E-state index in [1.54, 1.807) is 12.1 Å². The van der Waals surface area contributed by atoms with Crippen LogP contribution in [0, 0.1) is 0 Å². The Morgan fingerprint density at radius 2 is 1.93 bits per heavy atom. The maximum atomic E-state index is 11.0. The van der Waals surface area contributed by atoms with E-state index in [0.29, 0.717) is 12.0 Å². The molecule has 4 nitrogen and oxygen atoms in total. The average molecular weight is 189 g/mol. The highest BCUT2D eigenvalue weighted by Gasteiger charge is 2.11. The molecule has 0 saturated heterocycles. The number of hydrogen-bond donors (Lipinski definition) is 1. The minimum Gasteiger partial charge on any atom is -0.338 e. The van der Waals surface area contributed by atoms with Gasteiger partial charge < -0.3 is 4.52 Å². The number of rotatable bonds is 2. The fourth-order valence-electron chi connectivity index (χ4n) is 1.24. The summed E-state index contributed by atoms with van der Waals surface area (Å²) in [5.74, 6) is 0. The van der Waals surface area contributed by atoms with Crippen molar-refractivity contribution in [3.63, 3.8) is 0 Å². The smallest absolute Gasteiger partial charge is 0.338 e. The molecule has 2 rings (SSSR count). The van der Waals surface area contributed by atoms with Crippen LogP contribution in [0.5, 0.6) is 0 Å². The lowest BCUT2D eigenvalue weighted by atomic mass is 10.1. The zero-order valence-corrected chi connectivity index (χ0v) is 7.19. The number of hydrogen-bond acceptors (Lipinski definition) is 3. The monoisotopic (exact) mass is 189 g/mol. The molecule has 0 aliphatic carbocycles. The van der Waals surface area contributed by atoms with E-state index in [0.717, 1.165) is 5.56 Å². The van der Waals surface area contributed by atoms with Crippen LogP contribution in [0.15, 0.2) is 39.6 Å². The molecule has 0 bridgehead atoms.